The Kier molecular flexibility index (Phi) is 8.68. The van der Waals surface area contributed by atoms with Crippen LogP contribution in [0.25, 0.3) is 0 Å². The standard InChI is InChI=1S/C31H30N2O4/c1-22-13-18-28(23(2)19-22)30(34)33-29(21-36-20-24-9-5-3-6-10-24)31(35)32-25-14-16-27(17-15-25)37-26-11-7-4-8-12-26/h3-19,29H,20-21H2,1-2H3,(H,32,35)(H,33,34). The molecule has 0 radical (unpaired) electrons. The Morgan fingerprint density at radius 2 is 1.43 bits per heavy atom. The predicted octanol–water partition coefficient (Wildman–Crippen LogP) is 6.05. The van der Waals surface area contributed by atoms with E-state index in [9.17, 15) is 9.59 Å². The minimum absolute atomic E-state index is 0.0204. The van der Waals surface area contributed by atoms with E-state index in [1.165, 1.54) is 0 Å². The van der Waals surface area contributed by atoms with Crippen LogP contribution in [0.5, 0.6) is 11.5 Å². The molecule has 0 spiro atoms. The van der Waals surface area contributed by atoms with Crippen LogP contribution in [-0.4, -0.2) is 24.5 Å². The van der Waals surface area contributed by atoms with Crippen LogP contribution in [0.2, 0.25) is 0 Å². The van der Waals surface area contributed by atoms with Crippen LogP contribution in [0.15, 0.2) is 103 Å². The van der Waals surface area contributed by atoms with Gasteiger partial charge in [-0.25, -0.2) is 0 Å². The number of hydrogen-bond donors (Lipinski definition) is 2. The van der Waals surface area contributed by atoms with Gasteiger partial charge < -0.3 is 20.1 Å². The topological polar surface area (TPSA) is 76.7 Å². The van der Waals surface area contributed by atoms with Gasteiger partial charge in [-0.1, -0.05) is 66.2 Å². The summed E-state index contributed by atoms with van der Waals surface area (Å²) in [5.74, 6) is 0.676. The molecule has 37 heavy (non-hydrogen) atoms. The van der Waals surface area contributed by atoms with Gasteiger partial charge in [0.15, 0.2) is 0 Å². The van der Waals surface area contributed by atoms with Crippen LogP contribution in [0, 0.1) is 13.8 Å². The van der Waals surface area contributed by atoms with Crippen molar-refractivity contribution in [2.75, 3.05) is 11.9 Å². The molecule has 0 bridgehead atoms. The van der Waals surface area contributed by atoms with Crippen molar-refractivity contribution < 1.29 is 19.1 Å². The number of para-hydroxylation sites is 1. The Labute approximate surface area is 217 Å². The molecule has 1 atom stereocenters. The lowest BCUT2D eigenvalue weighted by Gasteiger charge is -2.19. The number of carbonyl (C=O) groups is 2. The monoisotopic (exact) mass is 494 g/mol. The van der Waals surface area contributed by atoms with Gasteiger partial charge >= 0.3 is 0 Å². The second-order valence-electron chi connectivity index (χ2n) is 8.77. The average molecular weight is 495 g/mol. The van der Waals surface area contributed by atoms with E-state index < -0.39 is 6.04 Å². The van der Waals surface area contributed by atoms with Crippen LogP contribution in [-0.2, 0) is 16.1 Å². The highest BCUT2D eigenvalue weighted by atomic mass is 16.5. The first kappa shape index (κ1) is 25.7. The first-order chi connectivity index (χ1) is 18.0. The van der Waals surface area contributed by atoms with E-state index in [1.54, 1.807) is 30.3 Å². The van der Waals surface area contributed by atoms with Gasteiger partial charge in [-0.05, 0) is 67.4 Å². The SMILES string of the molecule is Cc1ccc(C(=O)NC(COCc2ccccc2)C(=O)Nc2ccc(Oc3ccccc3)cc2)c(C)c1. The smallest absolute Gasteiger partial charge is 0.252 e. The number of benzene rings is 4. The molecule has 0 saturated heterocycles. The fourth-order valence-electron chi connectivity index (χ4n) is 3.82. The summed E-state index contributed by atoms with van der Waals surface area (Å²) < 4.78 is 11.6. The van der Waals surface area contributed by atoms with Gasteiger partial charge in [0.2, 0.25) is 5.91 Å². The van der Waals surface area contributed by atoms with E-state index in [2.05, 4.69) is 10.6 Å². The number of amides is 2. The molecule has 4 aromatic rings. The quantitative estimate of drug-likeness (QED) is 0.281. The molecule has 0 aromatic heterocycles. The summed E-state index contributed by atoms with van der Waals surface area (Å²) >= 11 is 0. The maximum atomic E-state index is 13.2. The molecule has 6 nitrogen and oxygen atoms in total. The molecule has 4 aromatic carbocycles. The Morgan fingerprint density at radius 1 is 0.784 bits per heavy atom. The van der Waals surface area contributed by atoms with Crippen molar-refractivity contribution in [2.24, 2.45) is 0 Å². The maximum Gasteiger partial charge on any atom is 0.252 e. The van der Waals surface area contributed by atoms with E-state index in [4.69, 9.17) is 9.47 Å². The van der Waals surface area contributed by atoms with E-state index in [1.807, 2.05) is 86.6 Å². The Morgan fingerprint density at radius 3 is 2.11 bits per heavy atom. The van der Waals surface area contributed by atoms with E-state index in [-0.39, 0.29) is 18.4 Å². The van der Waals surface area contributed by atoms with Crippen molar-refractivity contribution in [3.63, 3.8) is 0 Å². The molecule has 0 fully saturated rings. The van der Waals surface area contributed by atoms with Gasteiger partial charge in [-0.15, -0.1) is 0 Å². The zero-order chi connectivity index (χ0) is 26.0. The average Bonchev–Trinajstić information content (AvgIpc) is 2.90. The molecule has 188 valence electrons. The Bertz CT molecular complexity index is 1320. The summed E-state index contributed by atoms with van der Waals surface area (Å²) in [4.78, 5) is 26.2. The lowest BCUT2D eigenvalue weighted by molar-refractivity contribution is -0.119. The lowest BCUT2D eigenvalue weighted by Crippen LogP contribution is -2.47. The van der Waals surface area contributed by atoms with Gasteiger partial charge in [0.05, 0.1) is 13.2 Å². The molecule has 6 heteroatoms. The van der Waals surface area contributed by atoms with E-state index in [0.717, 1.165) is 22.4 Å². The fraction of sp³-hybridized carbons (Fsp3) is 0.161. The molecule has 0 heterocycles. The first-order valence-corrected chi connectivity index (χ1v) is 12.1. The maximum absolute atomic E-state index is 13.2. The van der Waals surface area contributed by atoms with Crippen molar-refractivity contribution in [1.29, 1.82) is 0 Å². The highest BCUT2D eigenvalue weighted by Crippen LogP contribution is 2.22. The van der Waals surface area contributed by atoms with Crippen molar-refractivity contribution in [3.05, 3.63) is 125 Å². The molecule has 0 aliphatic carbocycles. The third-order valence-electron chi connectivity index (χ3n) is 5.75. The van der Waals surface area contributed by atoms with Crippen LogP contribution in [0.3, 0.4) is 0 Å². The van der Waals surface area contributed by atoms with Gasteiger partial charge in [-0.2, -0.15) is 0 Å². The molecule has 2 N–H and O–H groups in total. The normalized spacial score (nSPS) is 11.4. The van der Waals surface area contributed by atoms with E-state index in [0.29, 0.717) is 23.6 Å². The summed E-state index contributed by atoms with van der Waals surface area (Å²) in [5.41, 5.74) is 3.99. The molecule has 1 unspecified atom stereocenters. The molecule has 2 amide bonds. The number of aryl methyl sites for hydroxylation is 2. The van der Waals surface area contributed by atoms with Crippen LogP contribution in [0.1, 0.15) is 27.0 Å². The first-order valence-electron chi connectivity index (χ1n) is 12.1. The largest absolute Gasteiger partial charge is 0.457 e. The number of hydrogen-bond acceptors (Lipinski definition) is 4. The van der Waals surface area contributed by atoms with Crippen LogP contribution in [0.4, 0.5) is 5.69 Å². The second-order valence-corrected chi connectivity index (χ2v) is 8.77. The third kappa shape index (κ3) is 7.53. The number of ether oxygens (including phenoxy) is 2. The summed E-state index contributed by atoms with van der Waals surface area (Å²) in [6.45, 7) is 4.20. The summed E-state index contributed by atoms with van der Waals surface area (Å²) in [6, 6.07) is 30.9. The minimum Gasteiger partial charge on any atom is -0.457 e. The molecular formula is C31H30N2O4. The van der Waals surface area contributed by atoms with Gasteiger partial charge in [0.25, 0.3) is 5.91 Å². The zero-order valence-electron chi connectivity index (χ0n) is 20.9. The molecule has 0 saturated carbocycles. The summed E-state index contributed by atoms with van der Waals surface area (Å²) in [6.07, 6.45) is 0. The highest BCUT2D eigenvalue weighted by Gasteiger charge is 2.23. The molecule has 4 rings (SSSR count). The zero-order valence-corrected chi connectivity index (χ0v) is 20.9. The number of carbonyl (C=O) groups excluding carboxylic acids is 2. The van der Waals surface area contributed by atoms with Gasteiger partial charge in [-0.3, -0.25) is 9.59 Å². The predicted molar refractivity (Wildman–Crippen MR) is 145 cm³/mol. The lowest BCUT2D eigenvalue weighted by atomic mass is 10.0. The van der Waals surface area contributed by atoms with Crippen molar-refractivity contribution >= 4 is 17.5 Å². The van der Waals surface area contributed by atoms with E-state index >= 15 is 0 Å². The summed E-state index contributed by atoms with van der Waals surface area (Å²) in [7, 11) is 0. The summed E-state index contributed by atoms with van der Waals surface area (Å²) in [5, 5.41) is 5.72. The Balaban J connectivity index is 1.43. The number of nitrogens with one attached hydrogen (secondary N) is 2. The minimum atomic E-state index is -0.892. The second kappa shape index (κ2) is 12.5. The van der Waals surface area contributed by atoms with Crippen molar-refractivity contribution in [1.82, 2.24) is 5.32 Å². The van der Waals surface area contributed by atoms with Gasteiger partial charge in [0.1, 0.15) is 17.5 Å². The van der Waals surface area contributed by atoms with Crippen LogP contribution >= 0.6 is 0 Å². The molecule has 0 aliphatic heterocycles. The van der Waals surface area contributed by atoms with Gasteiger partial charge in [0, 0.05) is 11.3 Å². The number of rotatable bonds is 10. The highest BCUT2D eigenvalue weighted by molar-refractivity contribution is 6.01. The Hall–Kier alpha value is -4.42. The fourth-order valence-corrected chi connectivity index (χ4v) is 3.82. The molecular weight excluding hydrogens is 464 g/mol. The van der Waals surface area contributed by atoms with Crippen molar-refractivity contribution in [2.45, 2.75) is 26.5 Å². The van der Waals surface area contributed by atoms with Crippen LogP contribution < -0.4 is 15.4 Å². The van der Waals surface area contributed by atoms with Crippen molar-refractivity contribution in [3.8, 4) is 11.5 Å². The third-order valence-corrected chi connectivity index (χ3v) is 5.75. The number of anilines is 1. The molecule has 0 aliphatic rings.